The zero-order chi connectivity index (χ0) is 21.3. The maximum absolute atomic E-state index is 13.2. The van der Waals surface area contributed by atoms with Crippen LogP contribution < -0.4 is 5.32 Å². The molecule has 1 saturated carbocycles. The summed E-state index contributed by atoms with van der Waals surface area (Å²) in [5.74, 6) is 1.47. The van der Waals surface area contributed by atoms with Crippen LogP contribution in [0.15, 0.2) is 24.3 Å². The largest absolute Gasteiger partial charge is 0.346 e. The first-order valence-corrected chi connectivity index (χ1v) is 12.1. The molecule has 1 aliphatic heterocycles. The molecule has 4 heteroatoms. The van der Waals surface area contributed by atoms with Gasteiger partial charge in [-0.1, -0.05) is 63.8 Å². The van der Waals surface area contributed by atoms with E-state index >= 15 is 0 Å². The molecule has 0 saturated heterocycles. The van der Waals surface area contributed by atoms with E-state index in [1.165, 1.54) is 36.8 Å². The zero-order valence-corrected chi connectivity index (χ0v) is 19.0. The highest BCUT2D eigenvalue weighted by Crippen LogP contribution is 2.28. The number of carbonyl (C=O) groups excluding carboxylic acids is 2. The van der Waals surface area contributed by atoms with Crippen LogP contribution in [-0.4, -0.2) is 35.7 Å². The Morgan fingerprint density at radius 1 is 1.07 bits per heavy atom. The second-order valence-corrected chi connectivity index (χ2v) is 9.83. The molecule has 1 atom stereocenters. The van der Waals surface area contributed by atoms with E-state index in [9.17, 15) is 9.59 Å². The van der Waals surface area contributed by atoms with Gasteiger partial charge in [-0.05, 0) is 61.6 Å². The first-order chi connectivity index (χ1) is 14.5. The van der Waals surface area contributed by atoms with Gasteiger partial charge in [0, 0.05) is 13.0 Å². The number of aryl methyl sites for hydroxylation is 1. The third-order valence-corrected chi connectivity index (χ3v) is 6.82. The van der Waals surface area contributed by atoms with Crippen molar-refractivity contribution < 1.29 is 9.59 Å². The minimum absolute atomic E-state index is 0.0604. The van der Waals surface area contributed by atoms with Gasteiger partial charge in [-0.25, -0.2) is 0 Å². The second-order valence-electron chi connectivity index (χ2n) is 9.83. The molecule has 166 valence electrons. The van der Waals surface area contributed by atoms with Crippen LogP contribution in [0.3, 0.4) is 0 Å². The third kappa shape index (κ3) is 7.23. The Morgan fingerprint density at radius 2 is 1.80 bits per heavy atom. The SMILES string of the molecule is CC(C)CC[C@H](NC(=O)CCC1CCCC1)C(=O)CN1CCCc2ccccc2C1. The van der Waals surface area contributed by atoms with Crippen LogP contribution in [0.5, 0.6) is 0 Å². The summed E-state index contributed by atoms with van der Waals surface area (Å²) in [6.07, 6.45) is 10.5. The average molecular weight is 413 g/mol. The molecule has 2 aliphatic rings. The molecule has 1 amide bonds. The predicted octanol–water partition coefficient (Wildman–Crippen LogP) is 4.90. The van der Waals surface area contributed by atoms with Crippen LogP contribution in [0.25, 0.3) is 0 Å². The molecule has 0 aromatic heterocycles. The lowest BCUT2D eigenvalue weighted by molar-refractivity contribution is -0.128. The van der Waals surface area contributed by atoms with E-state index in [0.29, 0.717) is 24.8 Å². The molecule has 1 aromatic rings. The topological polar surface area (TPSA) is 49.4 Å². The summed E-state index contributed by atoms with van der Waals surface area (Å²) in [5.41, 5.74) is 2.74. The first kappa shape index (κ1) is 23.0. The van der Waals surface area contributed by atoms with Gasteiger partial charge in [0.15, 0.2) is 5.78 Å². The fourth-order valence-electron chi connectivity index (χ4n) is 4.95. The Labute approximate surface area is 182 Å². The predicted molar refractivity (Wildman–Crippen MR) is 122 cm³/mol. The van der Waals surface area contributed by atoms with Crippen molar-refractivity contribution in [3.8, 4) is 0 Å². The van der Waals surface area contributed by atoms with E-state index in [-0.39, 0.29) is 17.7 Å². The summed E-state index contributed by atoms with van der Waals surface area (Å²) in [5, 5.41) is 3.11. The number of ketones is 1. The number of rotatable bonds is 10. The fourth-order valence-corrected chi connectivity index (χ4v) is 4.95. The van der Waals surface area contributed by atoms with E-state index in [1.54, 1.807) is 0 Å². The van der Waals surface area contributed by atoms with Crippen molar-refractivity contribution in [2.75, 3.05) is 13.1 Å². The summed E-state index contributed by atoms with van der Waals surface area (Å²) in [6, 6.07) is 8.22. The Bertz CT molecular complexity index is 694. The normalized spacial score (nSPS) is 18.8. The number of amides is 1. The van der Waals surface area contributed by atoms with Crippen molar-refractivity contribution in [3.05, 3.63) is 35.4 Å². The number of hydrogen-bond donors (Lipinski definition) is 1. The van der Waals surface area contributed by atoms with Crippen LogP contribution in [0.1, 0.15) is 82.8 Å². The Balaban J connectivity index is 1.55. The molecule has 0 spiro atoms. The van der Waals surface area contributed by atoms with Crippen molar-refractivity contribution in [1.82, 2.24) is 10.2 Å². The maximum atomic E-state index is 13.2. The standard InChI is InChI=1S/C26H40N2O2/c1-20(2)13-15-24(27-26(30)16-14-21-8-3-4-9-21)25(29)19-28-17-7-12-22-10-5-6-11-23(22)18-28/h5-6,10-11,20-21,24H,3-4,7-9,12-19H2,1-2H3,(H,27,30)/t24-/m0/s1. The van der Waals surface area contributed by atoms with Gasteiger partial charge in [-0.15, -0.1) is 0 Å². The summed E-state index contributed by atoms with van der Waals surface area (Å²) >= 11 is 0. The van der Waals surface area contributed by atoms with Crippen LogP contribution in [-0.2, 0) is 22.6 Å². The maximum Gasteiger partial charge on any atom is 0.220 e. The van der Waals surface area contributed by atoms with Crippen molar-refractivity contribution in [3.63, 3.8) is 0 Å². The molecule has 0 unspecified atom stereocenters. The summed E-state index contributed by atoms with van der Waals surface area (Å²) < 4.78 is 0. The van der Waals surface area contributed by atoms with Gasteiger partial charge >= 0.3 is 0 Å². The molecule has 4 nitrogen and oxygen atoms in total. The van der Waals surface area contributed by atoms with Crippen LogP contribution in [0.2, 0.25) is 0 Å². The number of nitrogens with zero attached hydrogens (tertiary/aromatic N) is 1. The van der Waals surface area contributed by atoms with Gasteiger partial charge in [-0.2, -0.15) is 0 Å². The molecule has 1 fully saturated rings. The molecule has 1 aliphatic carbocycles. The number of carbonyl (C=O) groups is 2. The highest BCUT2D eigenvalue weighted by atomic mass is 16.2. The van der Waals surface area contributed by atoms with Gasteiger partial charge in [0.25, 0.3) is 0 Å². The van der Waals surface area contributed by atoms with Gasteiger partial charge < -0.3 is 5.32 Å². The molecular formula is C26H40N2O2. The fraction of sp³-hybridized carbons (Fsp3) is 0.692. The molecule has 1 aromatic carbocycles. The number of fused-ring (bicyclic) bond motifs is 1. The summed E-state index contributed by atoms with van der Waals surface area (Å²) in [6.45, 7) is 6.55. The van der Waals surface area contributed by atoms with E-state index < -0.39 is 0 Å². The third-order valence-electron chi connectivity index (χ3n) is 6.82. The zero-order valence-electron chi connectivity index (χ0n) is 19.0. The van der Waals surface area contributed by atoms with Crippen molar-refractivity contribution in [2.45, 2.75) is 90.6 Å². The van der Waals surface area contributed by atoms with E-state index in [1.807, 2.05) is 0 Å². The van der Waals surface area contributed by atoms with E-state index in [2.05, 4.69) is 48.3 Å². The minimum atomic E-state index is -0.345. The Hall–Kier alpha value is -1.68. The molecule has 3 rings (SSSR count). The molecular weight excluding hydrogens is 372 g/mol. The Kier molecular flexibility index (Phi) is 8.92. The van der Waals surface area contributed by atoms with E-state index in [4.69, 9.17) is 0 Å². The summed E-state index contributed by atoms with van der Waals surface area (Å²) in [4.78, 5) is 28.0. The molecule has 0 bridgehead atoms. The highest BCUT2D eigenvalue weighted by molar-refractivity contribution is 5.90. The molecule has 0 radical (unpaired) electrons. The Morgan fingerprint density at radius 3 is 2.53 bits per heavy atom. The molecule has 30 heavy (non-hydrogen) atoms. The highest BCUT2D eigenvalue weighted by Gasteiger charge is 2.25. The average Bonchev–Trinajstić information content (AvgIpc) is 3.16. The lowest BCUT2D eigenvalue weighted by atomic mass is 9.98. The monoisotopic (exact) mass is 412 g/mol. The quantitative estimate of drug-likeness (QED) is 0.595. The number of Topliss-reactive ketones (excluding diaryl/α,β-unsaturated/α-hetero) is 1. The number of hydrogen-bond acceptors (Lipinski definition) is 3. The van der Waals surface area contributed by atoms with Crippen molar-refractivity contribution >= 4 is 11.7 Å². The van der Waals surface area contributed by atoms with Gasteiger partial charge in [0.1, 0.15) is 0 Å². The van der Waals surface area contributed by atoms with Crippen molar-refractivity contribution in [1.29, 1.82) is 0 Å². The van der Waals surface area contributed by atoms with Gasteiger partial charge in [-0.3, -0.25) is 14.5 Å². The van der Waals surface area contributed by atoms with Crippen LogP contribution >= 0.6 is 0 Å². The smallest absolute Gasteiger partial charge is 0.220 e. The van der Waals surface area contributed by atoms with Gasteiger partial charge in [0.2, 0.25) is 5.91 Å². The minimum Gasteiger partial charge on any atom is -0.346 e. The molecule has 1 N–H and O–H groups in total. The second kappa shape index (κ2) is 11.6. The van der Waals surface area contributed by atoms with E-state index in [0.717, 1.165) is 45.2 Å². The number of nitrogens with one attached hydrogen (secondary N) is 1. The first-order valence-electron chi connectivity index (χ1n) is 12.1. The lowest BCUT2D eigenvalue weighted by Gasteiger charge is -2.24. The summed E-state index contributed by atoms with van der Waals surface area (Å²) in [7, 11) is 0. The number of benzene rings is 1. The van der Waals surface area contributed by atoms with Gasteiger partial charge in [0.05, 0.1) is 12.6 Å². The van der Waals surface area contributed by atoms with Crippen molar-refractivity contribution in [2.24, 2.45) is 11.8 Å². The lowest BCUT2D eigenvalue weighted by Crippen LogP contribution is -2.45. The molecule has 1 heterocycles. The van der Waals surface area contributed by atoms with Crippen LogP contribution in [0.4, 0.5) is 0 Å². The van der Waals surface area contributed by atoms with Crippen LogP contribution in [0, 0.1) is 11.8 Å².